The van der Waals surface area contributed by atoms with Crippen molar-refractivity contribution in [2.45, 2.75) is 42.9 Å². The number of piperidine rings is 1. The van der Waals surface area contributed by atoms with Crippen molar-refractivity contribution in [2.24, 2.45) is 0 Å². The zero-order chi connectivity index (χ0) is 8.93. The van der Waals surface area contributed by atoms with Gasteiger partial charge in [0.1, 0.15) is 17.9 Å². The van der Waals surface area contributed by atoms with Gasteiger partial charge in [0.25, 0.3) is 0 Å². The third-order valence-electron chi connectivity index (χ3n) is 2.85. The number of hydrogen-bond donors (Lipinski definition) is 5. The molecule has 0 saturated carbocycles. The van der Waals surface area contributed by atoms with E-state index in [4.69, 9.17) is 0 Å². The molecule has 0 radical (unpaired) electrons. The van der Waals surface area contributed by atoms with Crippen molar-refractivity contribution in [3.63, 3.8) is 0 Å². The fourth-order valence-corrected chi connectivity index (χ4v) is 2.04. The summed E-state index contributed by atoms with van der Waals surface area (Å²) in [5.41, 5.74) is -1.40. The normalized spacial score (nSPS) is 59.0. The Kier molecular flexibility index (Phi) is 1.68. The van der Waals surface area contributed by atoms with Crippen LogP contribution in [-0.4, -0.2) is 50.5 Å². The Hall–Kier alpha value is -0.200. The van der Waals surface area contributed by atoms with Gasteiger partial charge in [0.05, 0.1) is 6.10 Å². The minimum atomic E-state index is -1.40. The minimum Gasteiger partial charge on any atom is -0.389 e. The second-order valence-electron chi connectivity index (χ2n) is 3.64. The highest BCUT2D eigenvalue weighted by Crippen LogP contribution is 2.34. The van der Waals surface area contributed by atoms with Gasteiger partial charge < -0.3 is 20.4 Å². The van der Waals surface area contributed by atoms with E-state index in [1.807, 2.05) is 0 Å². The van der Waals surface area contributed by atoms with Crippen molar-refractivity contribution in [2.75, 3.05) is 0 Å². The van der Waals surface area contributed by atoms with Gasteiger partial charge in [0.2, 0.25) is 0 Å². The van der Waals surface area contributed by atoms with E-state index < -0.39 is 24.0 Å². The van der Waals surface area contributed by atoms with Gasteiger partial charge >= 0.3 is 0 Å². The highest BCUT2D eigenvalue weighted by Gasteiger charge is 2.55. The summed E-state index contributed by atoms with van der Waals surface area (Å²) >= 11 is 0. The number of nitrogens with one attached hydrogen (secondary N) is 1. The van der Waals surface area contributed by atoms with E-state index in [2.05, 4.69) is 5.32 Å². The molecule has 2 aliphatic rings. The average molecular weight is 175 g/mol. The number of aliphatic hydroxyl groups is 4. The average Bonchev–Trinajstić information content (AvgIpc) is 2.41. The maximum atomic E-state index is 9.65. The van der Waals surface area contributed by atoms with Gasteiger partial charge in [-0.25, -0.2) is 0 Å². The van der Waals surface area contributed by atoms with Crippen molar-refractivity contribution in [3.8, 4) is 0 Å². The maximum absolute atomic E-state index is 9.65. The molecule has 5 atom stereocenters. The first kappa shape index (κ1) is 8.40. The van der Waals surface area contributed by atoms with Crippen LogP contribution in [0.1, 0.15) is 12.8 Å². The van der Waals surface area contributed by atoms with Gasteiger partial charge in [-0.3, -0.25) is 5.32 Å². The van der Waals surface area contributed by atoms with Crippen LogP contribution in [0, 0.1) is 0 Å². The van der Waals surface area contributed by atoms with E-state index in [1.54, 1.807) is 0 Å². The van der Waals surface area contributed by atoms with Crippen LogP contribution in [0.15, 0.2) is 0 Å². The molecular weight excluding hydrogens is 162 g/mol. The van der Waals surface area contributed by atoms with Gasteiger partial charge in [0, 0.05) is 6.04 Å². The largest absolute Gasteiger partial charge is 0.389 e. The summed E-state index contributed by atoms with van der Waals surface area (Å²) in [5.74, 6) is 0. The van der Waals surface area contributed by atoms with Crippen molar-refractivity contribution in [3.05, 3.63) is 0 Å². The van der Waals surface area contributed by atoms with Crippen molar-refractivity contribution in [1.29, 1.82) is 0 Å². The van der Waals surface area contributed by atoms with Crippen molar-refractivity contribution < 1.29 is 20.4 Å². The number of fused-ring (bicyclic) bond motifs is 2. The summed E-state index contributed by atoms with van der Waals surface area (Å²) in [6.07, 6.45) is -2.59. The Labute approximate surface area is 69.6 Å². The van der Waals surface area contributed by atoms with Gasteiger partial charge in [-0.2, -0.15) is 0 Å². The molecule has 2 heterocycles. The predicted molar refractivity (Wildman–Crippen MR) is 39.1 cm³/mol. The fourth-order valence-electron chi connectivity index (χ4n) is 2.04. The van der Waals surface area contributed by atoms with Gasteiger partial charge in [-0.1, -0.05) is 0 Å². The molecular formula is C7H13NO4. The Balaban J connectivity index is 2.25. The first-order valence-electron chi connectivity index (χ1n) is 4.09. The molecule has 2 rings (SSSR count). The lowest BCUT2D eigenvalue weighted by atomic mass is 9.94. The number of hydrogen-bond acceptors (Lipinski definition) is 5. The highest BCUT2D eigenvalue weighted by molar-refractivity contribution is 5.07. The van der Waals surface area contributed by atoms with Gasteiger partial charge in [-0.15, -0.1) is 0 Å². The molecule has 12 heavy (non-hydrogen) atoms. The van der Waals surface area contributed by atoms with E-state index >= 15 is 0 Å². The Morgan fingerprint density at radius 1 is 1.17 bits per heavy atom. The number of rotatable bonds is 0. The molecule has 5 N–H and O–H groups in total. The monoisotopic (exact) mass is 175 g/mol. The molecule has 2 fully saturated rings. The lowest BCUT2D eigenvalue weighted by molar-refractivity contribution is -0.186. The van der Waals surface area contributed by atoms with E-state index in [1.165, 1.54) is 0 Å². The SMILES string of the molecule is O[C@H]1[C@@H](O)C2(O)CCC(N2)[C@@H]1O. The quantitative estimate of drug-likeness (QED) is 0.281. The van der Waals surface area contributed by atoms with E-state index in [-0.39, 0.29) is 6.04 Å². The lowest BCUT2D eigenvalue weighted by Gasteiger charge is -2.40. The Bertz CT molecular complexity index is 200. The van der Waals surface area contributed by atoms with E-state index in [0.717, 1.165) is 0 Å². The third-order valence-corrected chi connectivity index (χ3v) is 2.85. The molecule has 0 aromatic carbocycles. The Morgan fingerprint density at radius 3 is 2.50 bits per heavy atom. The van der Waals surface area contributed by atoms with Crippen LogP contribution in [0.3, 0.4) is 0 Å². The molecule has 2 unspecified atom stereocenters. The maximum Gasteiger partial charge on any atom is 0.145 e. The molecule has 0 aromatic rings. The molecule has 2 bridgehead atoms. The van der Waals surface area contributed by atoms with Crippen LogP contribution in [0.2, 0.25) is 0 Å². The highest BCUT2D eigenvalue weighted by atomic mass is 16.4. The summed E-state index contributed by atoms with van der Waals surface area (Å²) in [6.45, 7) is 0. The second-order valence-corrected chi connectivity index (χ2v) is 3.64. The molecule has 0 spiro atoms. The summed E-state index contributed by atoms with van der Waals surface area (Å²) in [6, 6.07) is -0.298. The molecule has 2 aliphatic heterocycles. The zero-order valence-electron chi connectivity index (χ0n) is 6.51. The number of aliphatic hydroxyl groups excluding tert-OH is 3. The molecule has 0 aliphatic carbocycles. The molecule has 2 saturated heterocycles. The topological polar surface area (TPSA) is 93.0 Å². The molecule has 70 valence electrons. The smallest absolute Gasteiger partial charge is 0.145 e. The van der Waals surface area contributed by atoms with Crippen molar-refractivity contribution >= 4 is 0 Å². The van der Waals surface area contributed by atoms with E-state index in [0.29, 0.717) is 12.8 Å². The van der Waals surface area contributed by atoms with Crippen LogP contribution in [0.4, 0.5) is 0 Å². The lowest BCUT2D eigenvalue weighted by Crippen LogP contribution is -2.67. The van der Waals surface area contributed by atoms with Crippen LogP contribution < -0.4 is 5.32 Å². The minimum absolute atomic E-state index is 0.298. The Morgan fingerprint density at radius 2 is 1.83 bits per heavy atom. The predicted octanol–water partition coefficient (Wildman–Crippen LogP) is -2.48. The standard InChI is InChI=1S/C7H13NO4/c9-4-3-1-2-7(12,8-3)6(11)5(4)10/h3-6,8-12H,1-2H2/t3?,4-,5+,6+,7?/m0/s1. The molecule has 5 nitrogen and oxygen atoms in total. The van der Waals surface area contributed by atoms with Crippen molar-refractivity contribution in [1.82, 2.24) is 5.32 Å². The summed E-state index contributed by atoms with van der Waals surface area (Å²) < 4.78 is 0. The molecule has 5 heteroatoms. The van der Waals surface area contributed by atoms with Gasteiger partial charge in [0.15, 0.2) is 0 Å². The molecule has 0 amide bonds. The fraction of sp³-hybridized carbons (Fsp3) is 1.00. The first-order chi connectivity index (χ1) is 5.54. The van der Waals surface area contributed by atoms with Crippen LogP contribution in [-0.2, 0) is 0 Å². The van der Waals surface area contributed by atoms with E-state index in [9.17, 15) is 20.4 Å². The summed E-state index contributed by atoms with van der Waals surface area (Å²) in [5, 5.41) is 40.4. The first-order valence-corrected chi connectivity index (χ1v) is 4.09. The summed E-state index contributed by atoms with van der Waals surface area (Å²) in [4.78, 5) is 0. The molecule has 0 aromatic heterocycles. The van der Waals surface area contributed by atoms with Gasteiger partial charge in [-0.05, 0) is 12.8 Å². The zero-order valence-corrected chi connectivity index (χ0v) is 6.51. The second kappa shape index (κ2) is 2.40. The van der Waals surface area contributed by atoms with Crippen LogP contribution >= 0.6 is 0 Å². The van der Waals surface area contributed by atoms with Crippen LogP contribution in [0.25, 0.3) is 0 Å². The van der Waals surface area contributed by atoms with Crippen LogP contribution in [0.5, 0.6) is 0 Å². The summed E-state index contributed by atoms with van der Waals surface area (Å²) in [7, 11) is 0. The third kappa shape index (κ3) is 0.915.